The third-order valence-corrected chi connectivity index (χ3v) is 5.39. The van der Waals surface area contributed by atoms with Crippen molar-refractivity contribution < 1.29 is 43.5 Å². The summed E-state index contributed by atoms with van der Waals surface area (Å²) in [5.74, 6) is -2.40. The van der Waals surface area contributed by atoms with E-state index in [4.69, 9.17) is 29.2 Å². The van der Waals surface area contributed by atoms with Gasteiger partial charge in [-0.2, -0.15) is 0 Å². The first kappa shape index (κ1) is 25.9. The number of unbranched alkanes of at least 4 members (excludes halogenated alkanes) is 3. The van der Waals surface area contributed by atoms with Crippen LogP contribution in [0.25, 0.3) is 11.1 Å². The summed E-state index contributed by atoms with van der Waals surface area (Å²) in [5.41, 5.74) is 2.40. The summed E-state index contributed by atoms with van der Waals surface area (Å²) < 4.78 is 21.3. The third kappa shape index (κ3) is 7.40. The van der Waals surface area contributed by atoms with E-state index < -0.39 is 36.4 Å². The lowest BCUT2D eigenvalue weighted by Crippen LogP contribution is -2.36. The van der Waals surface area contributed by atoms with Gasteiger partial charge in [-0.25, -0.2) is 14.4 Å². The maximum atomic E-state index is 11.2. The van der Waals surface area contributed by atoms with Crippen LogP contribution in [0.4, 0.5) is 0 Å². The Hall–Kier alpha value is -3.69. The van der Waals surface area contributed by atoms with Crippen LogP contribution in [-0.4, -0.2) is 53.5 Å². The zero-order valence-corrected chi connectivity index (χ0v) is 19.1. The number of carbonyl (C=O) groups is 3. The molecular formula is C26H28O9. The molecule has 1 saturated heterocycles. The fourth-order valence-electron chi connectivity index (χ4n) is 3.53. The standard InChI is InChI=1S/C26H28O9/c1-2-21(27)33-16-6-4-3-5-15-32-20-13-11-18(12-14-20)17-7-9-19(10-8-17)26-34-22(24(28)29)23(35-26)25(30)31/h2,7-14,22-23,26H,1,3-6,15-16H2,(H,28,29)(H,30,31)/t22-,23-/m1/s1. The maximum Gasteiger partial charge on any atom is 0.336 e. The average Bonchev–Trinajstić information content (AvgIpc) is 3.32. The summed E-state index contributed by atoms with van der Waals surface area (Å²) in [6, 6.07) is 14.7. The summed E-state index contributed by atoms with van der Waals surface area (Å²) in [6.45, 7) is 4.35. The van der Waals surface area contributed by atoms with Gasteiger partial charge in [-0.15, -0.1) is 0 Å². The van der Waals surface area contributed by atoms with Crippen molar-refractivity contribution in [1.82, 2.24) is 0 Å². The molecule has 2 aromatic rings. The van der Waals surface area contributed by atoms with E-state index in [9.17, 15) is 14.4 Å². The minimum Gasteiger partial charge on any atom is -0.494 e. The van der Waals surface area contributed by atoms with Crippen molar-refractivity contribution in [3.8, 4) is 16.9 Å². The average molecular weight is 485 g/mol. The molecule has 0 amide bonds. The number of carbonyl (C=O) groups excluding carboxylic acids is 1. The van der Waals surface area contributed by atoms with Crippen LogP contribution in [0.5, 0.6) is 5.75 Å². The first-order chi connectivity index (χ1) is 16.9. The molecule has 0 aromatic heterocycles. The van der Waals surface area contributed by atoms with E-state index in [2.05, 4.69) is 6.58 Å². The molecule has 0 unspecified atom stereocenters. The molecule has 9 heteroatoms. The molecule has 35 heavy (non-hydrogen) atoms. The lowest BCUT2D eigenvalue weighted by molar-refractivity contribution is -0.156. The number of esters is 1. The van der Waals surface area contributed by atoms with Crippen molar-refractivity contribution in [1.29, 1.82) is 0 Å². The lowest BCUT2D eigenvalue weighted by atomic mass is 10.0. The fourth-order valence-corrected chi connectivity index (χ4v) is 3.53. The molecule has 0 aliphatic carbocycles. The zero-order valence-electron chi connectivity index (χ0n) is 19.1. The number of benzene rings is 2. The summed E-state index contributed by atoms with van der Waals surface area (Å²) in [6.07, 6.45) is 0.604. The normalized spacial score (nSPS) is 17.6. The van der Waals surface area contributed by atoms with Crippen molar-refractivity contribution in [2.24, 2.45) is 0 Å². The molecule has 1 aliphatic heterocycles. The Morgan fingerprint density at radius 3 is 1.83 bits per heavy atom. The zero-order chi connectivity index (χ0) is 25.2. The minimum absolute atomic E-state index is 0.396. The number of aliphatic carboxylic acids is 2. The molecule has 0 spiro atoms. The number of carboxylic acid groups (broad SMARTS) is 2. The van der Waals surface area contributed by atoms with Gasteiger partial charge in [0.2, 0.25) is 0 Å². The molecule has 1 fully saturated rings. The van der Waals surface area contributed by atoms with Crippen molar-refractivity contribution in [2.75, 3.05) is 13.2 Å². The monoisotopic (exact) mass is 484 g/mol. The van der Waals surface area contributed by atoms with Crippen LogP contribution in [0.3, 0.4) is 0 Å². The van der Waals surface area contributed by atoms with Crippen LogP contribution in [0, 0.1) is 0 Å². The highest BCUT2D eigenvalue weighted by atomic mass is 16.7. The summed E-state index contributed by atoms with van der Waals surface area (Å²) in [5, 5.41) is 18.3. The Balaban J connectivity index is 1.44. The predicted molar refractivity (Wildman–Crippen MR) is 125 cm³/mol. The minimum atomic E-state index is -1.56. The highest BCUT2D eigenvalue weighted by Crippen LogP contribution is 2.33. The van der Waals surface area contributed by atoms with Gasteiger partial charge in [-0.05, 0) is 48.9 Å². The number of ether oxygens (including phenoxy) is 4. The lowest BCUT2D eigenvalue weighted by Gasteiger charge is -2.11. The number of carboxylic acids is 2. The highest BCUT2D eigenvalue weighted by Gasteiger charge is 2.46. The van der Waals surface area contributed by atoms with E-state index in [-0.39, 0.29) is 0 Å². The van der Waals surface area contributed by atoms with E-state index in [1.807, 2.05) is 36.4 Å². The molecule has 2 atom stereocenters. The number of hydrogen-bond donors (Lipinski definition) is 2. The van der Waals surface area contributed by atoms with Crippen molar-refractivity contribution in [3.63, 3.8) is 0 Å². The SMILES string of the molecule is C=CC(=O)OCCCCCCOc1ccc(-c2ccc(C3O[C@@H](C(=O)O)[C@H](C(=O)O)O3)cc2)cc1. The van der Waals surface area contributed by atoms with E-state index in [0.717, 1.165) is 48.6 Å². The van der Waals surface area contributed by atoms with Crippen LogP contribution in [0.15, 0.2) is 61.2 Å². The van der Waals surface area contributed by atoms with Crippen LogP contribution >= 0.6 is 0 Å². The van der Waals surface area contributed by atoms with E-state index >= 15 is 0 Å². The third-order valence-electron chi connectivity index (χ3n) is 5.39. The van der Waals surface area contributed by atoms with Crippen LogP contribution in [-0.2, 0) is 28.6 Å². The second-order valence-electron chi connectivity index (χ2n) is 7.90. The van der Waals surface area contributed by atoms with Gasteiger partial charge >= 0.3 is 17.9 Å². The van der Waals surface area contributed by atoms with Crippen LogP contribution in [0.1, 0.15) is 37.5 Å². The van der Waals surface area contributed by atoms with Gasteiger partial charge in [0.15, 0.2) is 18.5 Å². The van der Waals surface area contributed by atoms with Gasteiger partial charge in [0.25, 0.3) is 0 Å². The molecule has 2 N–H and O–H groups in total. The summed E-state index contributed by atoms with van der Waals surface area (Å²) in [7, 11) is 0. The molecule has 2 aromatic carbocycles. The smallest absolute Gasteiger partial charge is 0.336 e. The summed E-state index contributed by atoms with van der Waals surface area (Å²) >= 11 is 0. The molecule has 1 aliphatic rings. The molecule has 186 valence electrons. The molecule has 0 saturated carbocycles. The molecule has 1 heterocycles. The maximum absolute atomic E-state index is 11.2. The van der Waals surface area contributed by atoms with Gasteiger partial charge in [-0.3, -0.25) is 0 Å². The predicted octanol–water partition coefficient (Wildman–Crippen LogP) is 3.97. The second-order valence-corrected chi connectivity index (χ2v) is 7.90. The largest absolute Gasteiger partial charge is 0.494 e. The van der Waals surface area contributed by atoms with Gasteiger partial charge in [0, 0.05) is 11.6 Å². The van der Waals surface area contributed by atoms with Gasteiger partial charge in [0.1, 0.15) is 5.75 Å². The molecule has 0 bridgehead atoms. The Kier molecular flexibility index (Phi) is 9.39. The van der Waals surface area contributed by atoms with Crippen molar-refractivity contribution >= 4 is 17.9 Å². The highest BCUT2D eigenvalue weighted by molar-refractivity contribution is 5.84. The number of rotatable bonds is 13. The van der Waals surface area contributed by atoms with Gasteiger partial charge in [0.05, 0.1) is 13.2 Å². The fraction of sp³-hybridized carbons (Fsp3) is 0.346. The molecule has 3 rings (SSSR count). The van der Waals surface area contributed by atoms with Crippen LogP contribution in [0.2, 0.25) is 0 Å². The van der Waals surface area contributed by atoms with Gasteiger partial charge in [-0.1, -0.05) is 43.0 Å². The van der Waals surface area contributed by atoms with Crippen molar-refractivity contribution in [2.45, 2.75) is 44.2 Å². The quantitative estimate of drug-likeness (QED) is 0.246. The van der Waals surface area contributed by atoms with Crippen molar-refractivity contribution in [3.05, 3.63) is 66.7 Å². The Labute approximate surface area is 202 Å². The molecule has 9 nitrogen and oxygen atoms in total. The number of hydrogen-bond acceptors (Lipinski definition) is 7. The first-order valence-electron chi connectivity index (χ1n) is 11.3. The van der Waals surface area contributed by atoms with E-state index in [1.54, 1.807) is 12.1 Å². The first-order valence-corrected chi connectivity index (χ1v) is 11.3. The molecular weight excluding hydrogens is 456 g/mol. The van der Waals surface area contributed by atoms with Gasteiger partial charge < -0.3 is 29.2 Å². The van der Waals surface area contributed by atoms with E-state index in [0.29, 0.717) is 18.8 Å². The topological polar surface area (TPSA) is 129 Å². The Bertz CT molecular complexity index is 992. The summed E-state index contributed by atoms with van der Waals surface area (Å²) in [4.78, 5) is 33.4. The molecule has 0 radical (unpaired) electrons. The Morgan fingerprint density at radius 2 is 1.31 bits per heavy atom. The van der Waals surface area contributed by atoms with E-state index in [1.165, 1.54) is 0 Å². The Morgan fingerprint density at radius 1 is 0.800 bits per heavy atom. The van der Waals surface area contributed by atoms with Crippen LogP contribution < -0.4 is 4.74 Å². The second kappa shape index (κ2) is 12.7.